The molecule has 0 aliphatic carbocycles. The van der Waals surface area contributed by atoms with Gasteiger partial charge >= 0.3 is 0 Å². The molecule has 0 saturated carbocycles. The van der Waals surface area contributed by atoms with Crippen molar-refractivity contribution in [3.63, 3.8) is 0 Å². The maximum atomic E-state index is 12.9. The lowest BCUT2D eigenvalue weighted by Gasteiger charge is -2.31. The standard InChI is InChI=1S/C14H15FN2O2/c15-10-2-4-11(5-3-10)17-12(18)8-14(13(17)19)6-1-7-16-9-14/h2-5,16H,1,6-9H2/t14-/m1/s1. The van der Waals surface area contributed by atoms with Gasteiger partial charge in [-0.25, -0.2) is 4.39 Å². The number of carbonyl (C=O) groups excluding carboxylic acids is 2. The molecule has 100 valence electrons. The van der Waals surface area contributed by atoms with Crippen molar-refractivity contribution in [1.29, 1.82) is 0 Å². The Hall–Kier alpha value is -1.75. The second-order valence-corrected chi connectivity index (χ2v) is 5.25. The zero-order chi connectivity index (χ0) is 13.5. The van der Waals surface area contributed by atoms with Crippen LogP contribution < -0.4 is 10.2 Å². The molecule has 4 nitrogen and oxygen atoms in total. The lowest BCUT2D eigenvalue weighted by molar-refractivity contribution is -0.126. The molecule has 1 N–H and O–H groups in total. The molecule has 19 heavy (non-hydrogen) atoms. The van der Waals surface area contributed by atoms with Crippen molar-refractivity contribution in [1.82, 2.24) is 5.32 Å². The third kappa shape index (κ3) is 1.94. The molecule has 1 aromatic rings. The van der Waals surface area contributed by atoms with Gasteiger partial charge in [-0.15, -0.1) is 0 Å². The monoisotopic (exact) mass is 262 g/mol. The molecule has 2 heterocycles. The van der Waals surface area contributed by atoms with Gasteiger partial charge in [0.25, 0.3) is 0 Å². The largest absolute Gasteiger partial charge is 0.316 e. The number of imide groups is 1. The molecule has 1 atom stereocenters. The van der Waals surface area contributed by atoms with E-state index < -0.39 is 5.41 Å². The topological polar surface area (TPSA) is 49.4 Å². The summed E-state index contributed by atoms with van der Waals surface area (Å²) in [5, 5.41) is 3.19. The van der Waals surface area contributed by atoms with Gasteiger partial charge in [0.1, 0.15) is 5.82 Å². The van der Waals surface area contributed by atoms with Gasteiger partial charge in [0, 0.05) is 13.0 Å². The van der Waals surface area contributed by atoms with Crippen molar-refractivity contribution >= 4 is 17.5 Å². The van der Waals surface area contributed by atoms with Crippen molar-refractivity contribution in [3.8, 4) is 0 Å². The van der Waals surface area contributed by atoms with E-state index >= 15 is 0 Å². The Bertz CT molecular complexity index is 521. The summed E-state index contributed by atoms with van der Waals surface area (Å²) in [4.78, 5) is 25.9. The van der Waals surface area contributed by atoms with Gasteiger partial charge in [-0.1, -0.05) is 0 Å². The lowest BCUT2D eigenvalue weighted by Crippen LogP contribution is -2.45. The number of halogens is 1. The number of anilines is 1. The maximum absolute atomic E-state index is 12.9. The Labute approximate surface area is 110 Å². The molecule has 3 rings (SSSR count). The SMILES string of the molecule is O=C1C[C@@]2(CCCNC2)C(=O)N1c1ccc(F)cc1. The summed E-state index contributed by atoms with van der Waals surface area (Å²) in [6.07, 6.45) is 1.88. The molecular weight excluding hydrogens is 247 g/mol. The Kier molecular flexibility index (Phi) is 2.86. The summed E-state index contributed by atoms with van der Waals surface area (Å²) in [6.45, 7) is 1.44. The average Bonchev–Trinajstić information content (AvgIpc) is 2.64. The Morgan fingerprint density at radius 1 is 1.21 bits per heavy atom. The van der Waals surface area contributed by atoms with Crippen LogP contribution in [0.4, 0.5) is 10.1 Å². The summed E-state index contributed by atoms with van der Waals surface area (Å²) in [6, 6.07) is 5.47. The summed E-state index contributed by atoms with van der Waals surface area (Å²) in [5.41, 5.74) is -0.136. The minimum atomic E-state index is -0.594. The normalized spacial score (nSPS) is 27.3. The average molecular weight is 262 g/mol. The van der Waals surface area contributed by atoms with Crippen LogP contribution in [0.25, 0.3) is 0 Å². The van der Waals surface area contributed by atoms with Crippen LogP contribution in [-0.4, -0.2) is 24.9 Å². The van der Waals surface area contributed by atoms with E-state index in [1.807, 2.05) is 0 Å². The summed E-state index contributed by atoms with van der Waals surface area (Å²) >= 11 is 0. The van der Waals surface area contributed by atoms with Gasteiger partial charge in [-0.05, 0) is 43.7 Å². The number of hydrogen-bond donors (Lipinski definition) is 1. The molecule has 2 aliphatic rings. The molecule has 5 heteroatoms. The quantitative estimate of drug-likeness (QED) is 0.779. The molecule has 0 unspecified atom stereocenters. The van der Waals surface area contributed by atoms with E-state index in [2.05, 4.69) is 5.32 Å². The lowest BCUT2D eigenvalue weighted by atomic mass is 9.79. The minimum Gasteiger partial charge on any atom is -0.316 e. The highest BCUT2D eigenvalue weighted by atomic mass is 19.1. The van der Waals surface area contributed by atoms with E-state index in [9.17, 15) is 14.0 Å². The molecule has 0 aromatic heterocycles. The second kappa shape index (κ2) is 4.42. The van der Waals surface area contributed by atoms with E-state index in [1.54, 1.807) is 0 Å². The van der Waals surface area contributed by atoms with Crippen LogP contribution in [0.3, 0.4) is 0 Å². The summed E-state index contributed by atoms with van der Waals surface area (Å²) in [7, 11) is 0. The van der Waals surface area contributed by atoms with Crippen LogP contribution in [0.1, 0.15) is 19.3 Å². The van der Waals surface area contributed by atoms with Crippen LogP contribution in [0, 0.1) is 11.2 Å². The summed E-state index contributed by atoms with van der Waals surface area (Å²) in [5.74, 6) is -0.728. The number of nitrogens with one attached hydrogen (secondary N) is 1. The molecular formula is C14H15FN2O2. The van der Waals surface area contributed by atoms with Gasteiger partial charge in [0.15, 0.2) is 0 Å². The molecule has 2 saturated heterocycles. The number of hydrogen-bond acceptors (Lipinski definition) is 3. The fraction of sp³-hybridized carbons (Fsp3) is 0.429. The summed E-state index contributed by atoms with van der Waals surface area (Å²) < 4.78 is 12.9. The Morgan fingerprint density at radius 2 is 1.95 bits per heavy atom. The fourth-order valence-electron chi connectivity index (χ4n) is 2.95. The van der Waals surface area contributed by atoms with Crippen molar-refractivity contribution in [2.75, 3.05) is 18.0 Å². The molecule has 0 radical (unpaired) electrons. The van der Waals surface area contributed by atoms with Gasteiger partial charge < -0.3 is 5.32 Å². The number of nitrogens with zero attached hydrogens (tertiary/aromatic N) is 1. The predicted molar refractivity (Wildman–Crippen MR) is 68.0 cm³/mol. The molecule has 0 bridgehead atoms. The van der Waals surface area contributed by atoms with Crippen LogP contribution >= 0.6 is 0 Å². The zero-order valence-corrected chi connectivity index (χ0v) is 10.5. The molecule has 1 spiro atoms. The van der Waals surface area contributed by atoms with Crippen LogP contribution in [0.15, 0.2) is 24.3 Å². The highest BCUT2D eigenvalue weighted by molar-refractivity contribution is 6.22. The maximum Gasteiger partial charge on any atom is 0.241 e. The number of amides is 2. The first-order chi connectivity index (χ1) is 9.12. The Balaban J connectivity index is 1.92. The fourth-order valence-corrected chi connectivity index (χ4v) is 2.95. The third-order valence-corrected chi connectivity index (χ3v) is 3.95. The number of rotatable bonds is 1. The number of benzene rings is 1. The van der Waals surface area contributed by atoms with E-state index in [0.29, 0.717) is 12.2 Å². The van der Waals surface area contributed by atoms with Crippen molar-refractivity contribution < 1.29 is 14.0 Å². The molecule has 2 fully saturated rings. The van der Waals surface area contributed by atoms with Gasteiger partial charge in [-0.3, -0.25) is 14.5 Å². The zero-order valence-electron chi connectivity index (χ0n) is 10.5. The van der Waals surface area contributed by atoms with E-state index in [0.717, 1.165) is 19.4 Å². The smallest absolute Gasteiger partial charge is 0.241 e. The third-order valence-electron chi connectivity index (χ3n) is 3.95. The highest BCUT2D eigenvalue weighted by Crippen LogP contribution is 2.40. The predicted octanol–water partition coefficient (Wildman–Crippen LogP) is 1.46. The van der Waals surface area contributed by atoms with E-state index in [4.69, 9.17) is 0 Å². The van der Waals surface area contributed by atoms with Crippen LogP contribution in [-0.2, 0) is 9.59 Å². The minimum absolute atomic E-state index is 0.156. The molecule has 1 aromatic carbocycles. The number of piperidine rings is 1. The molecule has 2 aliphatic heterocycles. The van der Waals surface area contributed by atoms with Crippen molar-refractivity contribution in [3.05, 3.63) is 30.1 Å². The van der Waals surface area contributed by atoms with Crippen molar-refractivity contribution in [2.24, 2.45) is 5.41 Å². The van der Waals surface area contributed by atoms with Crippen LogP contribution in [0.5, 0.6) is 0 Å². The van der Waals surface area contributed by atoms with Gasteiger partial charge in [0.05, 0.1) is 11.1 Å². The first kappa shape index (κ1) is 12.3. The number of carbonyl (C=O) groups is 2. The van der Waals surface area contributed by atoms with Gasteiger partial charge in [-0.2, -0.15) is 0 Å². The molecule has 2 amide bonds. The van der Waals surface area contributed by atoms with Crippen LogP contribution in [0.2, 0.25) is 0 Å². The van der Waals surface area contributed by atoms with E-state index in [-0.39, 0.29) is 24.1 Å². The first-order valence-corrected chi connectivity index (χ1v) is 6.46. The van der Waals surface area contributed by atoms with Gasteiger partial charge in [0.2, 0.25) is 11.8 Å². The van der Waals surface area contributed by atoms with Crippen molar-refractivity contribution in [2.45, 2.75) is 19.3 Å². The highest BCUT2D eigenvalue weighted by Gasteiger charge is 2.52. The van der Waals surface area contributed by atoms with E-state index in [1.165, 1.54) is 29.2 Å². The second-order valence-electron chi connectivity index (χ2n) is 5.25. The first-order valence-electron chi connectivity index (χ1n) is 6.46. The Morgan fingerprint density at radius 3 is 2.58 bits per heavy atom.